The number of rotatable bonds is 7. The van der Waals surface area contributed by atoms with E-state index in [9.17, 15) is 4.79 Å². The van der Waals surface area contributed by atoms with Crippen LogP contribution in [0.5, 0.6) is 0 Å². The van der Waals surface area contributed by atoms with Gasteiger partial charge in [-0.05, 0) is 29.7 Å². The number of unbranched alkanes of at least 4 members (excludes halogenated alkanes) is 2. The summed E-state index contributed by atoms with van der Waals surface area (Å²) < 4.78 is 0. The minimum Gasteiger partial charge on any atom is -0.295 e. The van der Waals surface area contributed by atoms with Crippen LogP contribution in [0.4, 0.5) is 0 Å². The minimum atomic E-state index is 0.176. The summed E-state index contributed by atoms with van der Waals surface area (Å²) in [5.74, 6) is 0.176. The second-order valence-corrected chi connectivity index (χ2v) is 6.36. The van der Waals surface area contributed by atoms with Crippen LogP contribution in [0.15, 0.2) is 12.7 Å². The van der Waals surface area contributed by atoms with Crippen LogP contribution in [-0.2, 0) is 4.79 Å². The van der Waals surface area contributed by atoms with Gasteiger partial charge in [-0.2, -0.15) is 0 Å². The Balaban J connectivity index is 3.75. The molecule has 1 heteroatoms. The molecule has 0 amide bonds. The first kappa shape index (κ1) is 15.4. The largest absolute Gasteiger partial charge is 0.295 e. The van der Waals surface area contributed by atoms with E-state index in [-0.39, 0.29) is 5.78 Å². The van der Waals surface area contributed by atoms with E-state index >= 15 is 0 Å². The lowest BCUT2D eigenvalue weighted by Crippen LogP contribution is -2.29. The molecule has 0 aliphatic carbocycles. The van der Waals surface area contributed by atoms with E-state index in [0.717, 1.165) is 12.8 Å². The van der Waals surface area contributed by atoms with Crippen LogP contribution in [-0.4, -0.2) is 5.78 Å². The highest BCUT2D eigenvalue weighted by molar-refractivity contribution is 5.88. The van der Waals surface area contributed by atoms with Crippen molar-refractivity contribution in [2.24, 2.45) is 10.8 Å². The molecule has 0 aliphatic rings. The average Bonchev–Trinajstić information content (AvgIpc) is 2.15. The lowest BCUT2D eigenvalue weighted by atomic mass is 9.67. The summed E-state index contributed by atoms with van der Waals surface area (Å²) >= 11 is 0. The summed E-state index contributed by atoms with van der Waals surface area (Å²) in [5, 5.41) is 0. The molecule has 0 bridgehead atoms. The predicted octanol–water partition coefficient (Wildman–Crippen LogP) is 4.76. The normalized spacial score (nSPS) is 12.6. The molecule has 0 aromatic heterocycles. The zero-order valence-electron chi connectivity index (χ0n) is 11.7. The highest BCUT2D eigenvalue weighted by Crippen LogP contribution is 2.41. The molecular weight excluding hydrogens is 196 g/mol. The van der Waals surface area contributed by atoms with Gasteiger partial charge in [-0.1, -0.05) is 54.0 Å². The monoisotopic (exact) mass is 224 g/mol. The number of hydrogen-bond donors (Lipinski definition) is 0. The van der Waals surface area contributed by atoms with Crippen molar-refractivity contribution in [2.45, 2.75) is 66.7 Å². The van der Waals surface area contributed by atoms with Gasteiger partial charge in [-0.25, -0.2) is 0 Å². The van der Waals surface area contributed by atoms with Crippen molar-refractivity contribution >= 4 is 5.78 Å². The highest BCUT2D eigenvalue weighted by atomic mass is 16.1. The third kappa shape index (κ3) is 5.48. The van der Waals surface area contributed by atoms with Gasteiger partial charge in [0.2, 0.25) is 0 Å². The van der Waals surface area contributed by atoms with Gasteiger partial charge in [0.25, 0.3) is 0 Å². The summed E-state index contributed by atoms with van der Waals surface area (Å²) in [4.78, 5) is 11.0. The van der Waals surface area contributed by atoms with Gasteiger partial charge in [0, 0.05) is 6.42 Å². The van der Waals surface area contributed by atoms with Crippen molar-refractivity contribution in [3.05, 3.63) is 12.7 Å². The fraction of sp³-hybridized carbons (Fsp3) is 0.800. The smallest absolute Gasteiger partial charge is 0.155 e. The van der Waals surface area contributed by atoms with Gasteiger partial charge in [0.05, 0.1) is 0 Å². The first-order valence-electron chi connectivity index (χ1n) is 6.36. The van der Waals surface area contributed by atoms with E-state index in [0.29, 0.717) is 17.3 Å². The molecule has 0 saturated heterocycles. The number of carbonyl (C=O) groups excluding carboxylic acids is 1. The molecule has 1 nitrogen and oxygen atoms in total. The second-order valence-electron chi connectivity index (χ2n) is 6.36. The Hall–Kier alpha value is -0.590. The highest BCUT2D eigenvalue weighted by Gasteiger charge is 2.31. The van der Waals surface area contributed by atoms with Crippen LogP contribution in [0.2, 0.25) is 0 Å². The molecule has 0 aromatic rings. The molecule has 0 N–H and O–H groups in total. The standard InChI is InChI=1S/C15H28O/c1-7-13(16)11-9-8-10-12-15(5,6)14(2,3)4/h7H,1,8-12H2,2-6H3. The van der Waals surface area contributed by atoms with E-state index < -0.39 is 0 Å². The third-order valence-corrected chi connectivity index (χ3v) is 3.98. The molecule has 0 saturated carbocycles. The van der Waals surface area contributed by atoms with Gasteiger partial charge < -0.3 is 0 Å². The molecule has 16 heavy (non-hydrogen) atoms. The van der Waals surface area contributed by atoms with Crippen LogP contribution in [0.3, 0.4) is 0 Å². The minimum absolute atomic E-state index is 0.176. The fourth-order valence-corrected chi connectivity index (χ4v) is 1.52. The van der Waals surface area contributed by atoms with Crippen LogP contribution < -0.4 is 0 Å². The molecule has 0 fully saturated rings. The molecule has 0 spiro atoms. The van der Waals surface area contributed by atoms with Gasteiger partial charge in [0.1, 0.15) is 0 Å². The number of allylic oxidation sites excluding steroid dienone is 1. The molecule has 0 unspecified atom stereocenters. The third-order valence-electron chi connectivity index (χ3n) is 3.98. The van der Waals surface area contributed by atoms with Crippen molar-refractivity contribution in [3.8, 4) is 0 Å². The number of carbonyl (C=O) groups is 1. The molecule has 0 heterocycles. The van der Waals surface area contributed by atoms with Crippen molar-refractivity contribution in [3.63, 3.8) is 0 Å². The SMILES string of the molecule is C=CC(=O)CCCCCC(C)(C)C(C)(C)C. The Kier molecular flexibility index (Phi) is 5.99. The van der Waals surface area contributed by atoms with Crippen molar-refractivity contribution in [1.82, 2.24) is 0 Å². The Bertz CT molecular complexity index is 230. The molecule has 0 aliphatic heterocycles. The first-order chi connectivity index (χ1) is 7.20. The summed E-state index contributed by atoms with van der Waals surface area (Å²) in [6.07, 6.45) is 6.70. The zero-order valence-corrected chi connectivity index (χ0v) is 11.7. The first-order valence-corrected chi connectivity index (χ1v) is 6.36. The van der Waals surface area contributed by atoms with E-state index in [2.05, 4.69) is 41.2 Å². The van der Waals surface area contributed by atoms with Crippen molar-refractivity contribution in [1.29, 1.82) is 0 Å². The van der Waals surface area contributed by atoms with Crippen LogP contribution in [0.1, 0.15) is 66.7 Å². The second kappa shape index (κ2) is 6.22. The van der Waals surface area contributed by atoms with Crippen LogP contribution in [0, 0.1) is 10.8 Å². The predicted molar refractivity (Wildman–Crippen MR) is 71.5 cm³/mol. The Morgan fingerprint density at radius 2 is 1.62 bits per heavy atom. The lowest BCUT2D eigenvalue weighted by molar-refractivity contribution is -0.114. The summed E-state index contributed by atoms with van der Waals surface area (Å²) in [6.45, 7) is 15.1. The van der Waals surface area contributed by atoms with E-state index in [1.807, 2.05) is 0 Å². The maximum absolute atomic E-state index is 11.0. The van der Waals surface area contributed by atoms with Gasteiger partial charge in [0.15, 0.2) is 5.78 Å². The molecule has 0 radical (unpaired) electrons. The van der Waals surface area contributed by atoms with Crippen molar-refractivity contribution < 1.29 is 4.79 Å². The van der Waals surface area contributed by atoms with Gasteiger partial charge in [-0.3, -0.25) is 4.79 Å². The maximum Gasteiger partial charge on any atom is 0.155 e. The topological polar surface area (TPSA) is 17.1 Å². The molecule has 0 atom stereocenters. The van der Waals surface area contributed by atoms with Gasteiger partial charge >= 0.3 is 0 Å². The zero-order chi connectivity index (χ0) is 12.8. The molecule has 0 rings (SSSR count). The number of hydrogen-bond acceptors (Lipinski definition) is 1. The van der Waals surface area contributed by atoms with Crippen molar-refractivity contribution in [2.75, 3.05) is 0 Å². The molecular formula is C15H28O. The van der Waals surface area contributed by atoms with Crippen LogP contribution in [0.25, 0.3) is 0 Å². The quantitative estimate of drug-likeness (QED) is 0.450. The Labute approximate surface area is 101 Å². The summed E-state index contributed by atoms with van der Waals surface area (Å²) in [5.41, 5.74) is 0.722. The van der Waals surface area contributed by atoms with E-state index in [1.54, 1.807) is 0 Å². The Morgan fingerprint density at radius 3 is 2.06 bits per heavy atom. The Morgan fingerprint density at radius 1 is 1.06 bits per heavy atom. The lowest BCUT2D eigenvalue weighted by Gasteiger charge is -2.39. The summed E-state index contributed by atoms with van der Waals surface area (Å²) in [6, 6.07) is 0. The van der Waals surface area contributed by atoms with Gasteiger partial charge in [-0.15, -0.1) is 0 Å². The van der Waals surface area contributed by atoms with E-state index in [4.69, 9.17) is 0 Å². The summed E-state index contributed by atoms with van der Waals surface area (Å²) in [7, 11) is 0. The maximum atomic E-state index is 11.0. The average molecular weight is 224 g/mol. The molecule has 94 valence electrons. The fourth-order valence-electron chi connectivity index (χ4n) is 1.52. The number of ketones is 1. The van der Waals surface area contributed by atoms with Crippen LogP contribution >= 0.6 is 0 Å². The molecule has 0 aromatic carbocycles. The van der Waals surface area contributed by atoms with E-state index in [1.165, 1.54) is 18.9 Å².